The Bertz CT molecular complexity index is 897. The summed E-state index contributed by atoms with van der Waals surface area (Å²) >= 11 is 1.50. The average Bonchev–Trinajstić information content (AvgIpc) is 2.92. The number of thiophene rings is 1. The summed E-state index contributed by atoms with van der Waals surface area (Å²) < 4.78 is 6.77. The highest BCUT2D eigenvalue weighted by Gasteiger charge is 2.33. The Labute approximate surface area is 149 Å². The Hall–Kier alpha value is -2.02. The molecule has 1 atom stereocenters. The molecule has 6 nitrogen and oxygen atoms in total. The van der Waals surface area contributed by atoms with Gasteiger partial charge in [-0.15, -0.1) is 11.3 Å². The lowest BCUT2D eigenvalue weighted by molar-refractivity contribution is -0.145. The second-order valence-electron chi connectivity index (χ2n) is 6.38. The molecule has 0 aliphatic heterocycles. The molecule has 0 amide bonds. The van der Waals surface area contributed by atoms with Crippen molar-refractivity contribution < 1.29 is 14.3 Å². The normalized spacial score (nSPS) is 16.7. The monoisotopic (exact) mass is 362 g/mol. The lowest BCUT2D eigenvalue weighted by atomic mass is 9.86. The first-order valence-electron chi connectivity index (χ1n) is 8.62. The zero-order valence-electron chi connectivity index (χ0n) is 14.8. The van der Waals surface area contributed by atoms with Gasteiger partial charge in [0.15, 0.2) is 0 Å². The number of ether oxygens (including phenoxy) is 1. The number of aromatic nitrogens is 2. The molecule has 1 aliphatic carbocycles. The Morgan fingerprint density at radius 1 is 1.40 bits per heavy atom. The number of Topliss-reactive ketones (excluding diaryl/α,β-unsaturated/α-hetero) is 1. The topological polar surface area (TPSA) is 78.3 Å². The number of ketones is 1. The van der Waals surface area contributed by atoms with Gasteiger partial charge in [-0.3, -0.25) is 19.0 Å². The molecule has 0 radical (unpaired) electrons. The molecule has 1 aliphatic rings. The molecule has 0 spiro atoms. The summed E-state index contributed by atoms with van der Waals surface area (Å²) in [5.41, 5.74) is 0.649. The van der Waals surface area contributed by atoms with Crippen LogP contribution in [-0.2, 0) is 27.3 Å². The molecular weight excluding hydrogens is 340 g/mol. The number of hydrogen-bond acceptors (Lipinski definition) is 6. The smallest absolute Gasteiger partial charge is 0.313 e. The summed E-state index contributed by atoms with van der Waals surface area (Å²) in [7, 11) is 0. The molecule has 2 heterocycles. The molecule has 0 aromatic carbocycles. The van der Waals surface area contributed by atoms with E-state index in [0.717, 1.165) is 23.3 Å². The van der Waals surface area contributed by atoms with Crippen molar-refractivity contribution >= 4 is 33.3 Å². The van der Waals surface area contributed by atoms with E-state index in [1.54, 1.807) is 18.4 Å². The average molecular weight is 362 g/mol. The van der Waals surface area contributed by atoms with Crippen molar-refractivity contribution in [2.24, 2.45) is 0 Å². The van der Waals surface area contributed by atoms with Crippen molar-refractivity contribution in [3.63, 3.8) is 0 Å². The van der Waals surface area contributed by atoms with Crippen LogP contribution in [-0.4, -0.2) is 27.9 Å². The van der Waals surface area contributed by atoms with Crippen LogP contribution < -0.4 is 5.56 Å². The van der Waals surface area contributed by atoms with Gasteiger partial charge in [0, 0.05) is 17.8 Å². The molecular formula is C18H22N2O4S. The number of esters is 1. The van der Waals surface area contributed by atoms with Gasteiger partial charge in [-0.25, -0.2) is 4.98 Å². The number of aryl methyl sites for hydroxylation is 2. The molecule has 0 saturated heterocycles. The first-order chi connectivity index (χ1) is 11.9. The van der Waals surface area contributed by atoms with Crippen molar-refractivity contribution in [2.75, 3.05) is 6.61 Å². The van der Waals surface area contributed by atoms with Gasteiger partial charge in [0.1, 0.15) is 16.4 Å². The third-order valence-electron chi connectivity index (χ3n) is 4.62. The van der Waals surface area contributed by atoms with Crippen molar-refractivity contribution in [1.82, 2.24) is 9.55 Å². The van der Waals surface area contributed by atoms with E-state index in [0.29, 0.717) is 42.0 Å². The minimum atomic E-state index is -0.393. The third-order valence-corrected chi connectivity index (χ3v) is 5.78. The van der Waals surface area contributed by atoms with Crippen LogP contribution in [0.1, 0.15) is 55.3 Å². The molecule has 0 saturated carbocycles. The molecule has 25 heavy (non-hydrogen) atoms. The van der Waals surface area contributed by atoms with E-state index in [2.05, 4.69) is 4.98 Å². The molecule has 0 fully saturated rings. The fourth-order valence-corrected chi connectivity index (χ4v) is 4.74. The maximum absolute atomic E-state index is 13.1. The Kier molecular flexibility index (Phi) is 5.03. The number of carbonyl (C=O) groups excluding carboxylic acids is 2. The molecule has 2 aromatic rings. The van der Waals surface area contributed by atoms with Gasteiger partial charge in [0.2, 0.25) is 0 Å². The van der Waals surface area contributed by atoms with Crippen molar-refractivity contribution in [3.8, 4) is 0 Å². The van der Waals surface area contributed by atoms with Crippen LogP contribution in [0.2, 0.25) is 0 Å². The van der Waals surface area contributed by atoms with Gasteiger partial charge in [-0.1, -0.05) is 0 Å². The summed E-state index contributed by atoms with van der Waals surface area (Å²) in [6, 6.07) is 0. The Morgan fingerprint density at radius 3 is 2.84 bits per heavy atom. The summed E-state index contributed by atoms with van der Waals surface area (Å²) in [4.78, 5) is 43.1. The van der Waals surface area contributed by atoms with Gasteiger partial charge in [-0.05, 0) is 45.6 Å². The minimum absolute atomic E-state index is 0.0307. The lowest BCUT2D eigenvalue weighted by Crippen LogP contribution is -2.27. The Balaban J connectivity index is 2.17. The van der Waals surface area contributed by atoms with Crippen LogP contribution in [0.3, 0.4) is 0 Å². The lowest BCUT2D eigenvalue weighted by Gasteiger charge is -2.21. The highest BCUT2D eigenvalue weighted by atomic mass is 32.1. The first-order valence-corrected chi connectivity index (χ1v) is 9.44. The zero-order valence-corrected chi connectivity index (χ0v) is 15.6. The van der Waals surface area contributed by atoms with E-state index in [9.17, 15) is 14.4 Å². The highest BCUT2D eigenvalue weighted by Crippen LogP contribution is 2.41. The zero-order chi connectivity index (χ0) is 18.1. The Morgan fingerprint density at radius 2 is 2.16 bits per heavy atom. The second-order valence-corrected chi connectivity index (χ2v) is 7.47. The number of fused-ring (bicyclic) bond motifs is 3. The molecule has 134 valence electrons. The van der Waals surface area contributed by atoms with Gasteiger partial charge < -0.3 is 4.74 Å². The fourth-order valence-electron chi connectivity index (χ4n) is 3.43. The SMILES string of the molecule is CCOC(=O)C1CCCc2sc3nc(C)n(CCC(C)=O)c(=O)c3c21. The molecule has 2 aromatic heterocycles. The van der Waals surface area contributed by atoms with Crippen molar-refractivity contribution in [2.45, 2.75) is 58.9 Å². The quantitative estimate of drug-likeness (QED) is 0.764. The van der Waals surface area contributed by atoms with Gasteiger partial charge in [0.05, 0.1) is 17.9 Å². The number of hydrogen-bond donors (Lipinski definition) is 0. The van der Waals surface area contributed by atoms with Gasteiger partial charge >= 0.3 is 5.97 Å². The number of rotatable bonds is 5. The van der Waals surface area contributed by atoms with Crippen molar-refractivity contribution in [3.05, 3.63) is 26.6 Å². The number of carbonyl (C=O) groups is 2. The highest BCUT2D eigenvalue weighted by molar-refractivity contribution is 7.18. The van der Waals surface area contributed by atoms with E-state index in [1.807, 2.05) is 0 Å². The van der Waals surface area contributed by atoms with Crippen LogP contribution in [0.25, 0.3) is 10.2 Å². The van der Waals surface area contributed by atoms with E-state index >= 15 is 0 Å². The predicted molar refractivity (Wildman–Crippen MR) is 96.2 cm³/mol. The summed E-state index contributed by atoms with van der Waals surface area (Å²) in [6.07, 6.45) is 2.75. The van der Waals surface area contributed by atoms with E-state index in [-0.39, 0.29) is 17.3 Å². The van der Waals surface area contributed by atoms with Crippen LogP contribution >= 0.6 is 11.3 Å². The maximum atomic E-state index is 13.1. The van der Waals surface area contributed by atoms with E-state index in [4.69, 9.17) is 4.74 Å². The minimum Gasteiger partial charge on any atom is -0.466 e. The van der Waals surface area contributed by atoms with E-state index in [1.165, 1.54) is 18.3 Å². The molecule has 0 bridgehead atoms. The van der Waals surface area contributed by atoms with Crippen LogP contribution in [0.4, 0.5) is 0 Å². The summed E-state index contributed by atoms with van der Waals surface area (Å²) in [5, 5.41) is 0.534. The number of nitrogens with zero attached hydrogens (tertiary/aromatic N) is 2. The van der Waals surface area contributed by atoms with Gasteiger partial charge in [0.25, 0.3) is 5.56 Å². The molecule has 3 rings (SSSR count). The standard InChI is InChI=1S/C18H22N2O4S/c1-4-24-18(23)12-6-5-7-13-14(12)15-16(25-13)19-11(3)20(17(15)22)9-8-10(2)21/h12H,4-9H2,1-3H3. The maximum Gasteiger partial charge on any atom is 0.313 e. The second kappa shape index (κ2) is 7.07. The van der Waals surface area contributed by atoms with E-state index < -0.39 is 5.92 Å². The third kappa shape index (κ3) is 3.25. The van der Waals surface area contributed by atoms with Gasteiger partial charge in [-0.2, -0.15) is 0 Å². The fraction of sp³-hybridized carbons (Fsp3) is 0.556. The summed E-state index contributed by atoms with van der Waals surface area (Å²) in [5.74, 6) is -0.0255. The van der Waals surface area contributed by atoms with Crippen molar-refractivity contribution in [1.29, 1.82) is 0 Å². The first kappa shape index (κ1) is 17.8. The molecule has 7 heteroatoms. The molecule has 0 N–H and O–H groups in total. The van der Waals surface area contributed by atoms with Crippen LogP contribution in [0.15, 0.2) is 4.79 Å². The van der Waals surface area contributed by atoms with Crippen LogP contribution in [0, 0.1) is 6.92 Å². The van der Waals surface area contributed by atoms with Crippen LogP contribution in [0.5, 0.6) is 0 Å². The predicted octanol–water partition coefficient (Wildman–Crippen LogP) is 2.73. The summed E-state index contributed by atoms with van der Waals surface area (Å²) in [6.45, 7) is 5.72. The largest absolute Gasteiger partial charge is 0.466 e. The molecule has 1 unspecified atom stereocenters.